The topological polar surface area (TPSA) is 18.5 Å². The van der Waals surface area contributed by atoms with Gasteiger partial charge in [0.25, 0.3) is 0 Å². The second-order valence-electron chi connectivity index (χ2n) is 10.5. The molecule has 0 aliphatic carbocycles. The van der Waals surface area contributed by atoms with Crippen LogP contribution in [0.1, 0.15) is 53.5 Å². The first-order valence-electron chi connectivity index (χ1n) is 14.7. The monoisotopic (exact) mass is 650 g/mol. The van der Waals surface area contributed by atoms with Crippen LogP contribution in [0, 0.1) is 63.9 Å². The minimum absolute atomic E-state index is 0.666. The largest absolute Gasteiger partial charge is 0.493 e. The van der Waals surface area contributed by atoms with Crippen molar-refractivity contribution in [3.8, 4) is 88.1 Å². The van der Waals surface area contributed by atoms with E-state index in [4.69, 9.17) is 15.9 Å². The van der Waals surface area contributed by atoms with Crippen molar-refractivity contribution < 1.29 is 9.47 Å². The Labute approximate surface area is 277 Å². The molecule has 0 atom stereocenters. The van der Waals surface area contributed by atoms with Gasteiger partial charge in [0.05, 0.1) is 6.61 Å². The minimum Gasteiger partial charge on any atom is -0.493 e. The van der Waals surface area contributed by atoms with Crippen LogP contribution in [0.3, 0.4) is 0 Å². The zero-order valence-electron chi connectivity index (χ0n) is 25.7. The number of hydrogen-bond donors (Lipinski definition) is 0. The number of hydrogen-bond acceptors (Lipinski definition) is 6. The highest BCUT2D eigenvalue weighted by Crippen LogP contribution is 2.48. The van der Waals surface area contributed by atoms with Crippen molar-refractivity contribution in [2.45, 2.75) is 60.3 Å². The Bertz CT molecular complexity index is 1930. The van der Waals surface area contributed by atoms with Gasteiger partial charge in [0.1, 0.15) is 17.6 Å². The quantitative estimate of drug-likeness (QED) is 0.105. The Kier molecular flexibility index (Phi) is 10.7. The molecule has 0 aliphatic heterocycles. The van der Waals surface area contributed by atoms with Gasteiger partial charge in [-0.05, 0) is 106 Å². The summed E-state index contributed by atoms with van der Waals surface area (Å²) < 4.78 is 12.6. The molecule has 0 N–H and O–H groups in total. The first kappa shape index (κ1) is 31.7. The van der Waals surface area contributed by atoms with Crippen LogP contribution in [-0.2, 0) is 0 Å². The van der Waals surface area contributed by atoms with Gasteiger partial charge in [-0.1, -0.05) is 26.2 Å². The normalized spacial score (nSPS) is 10.5. The van der Waals surface area contributed by atoms with Gasteiger partial charge in [0.2, 0.25) is 0 Å². The molecule has 0 unspecified atom stereocenters. The van der Waals surface area contributed by atoms with Gasteiger partial charge in [-0.25, -0.2) is 0 Å². The summed E-state index contributed by atoms with van der Waals surface area (Å²) in [6, 6.07) is 17.5. The van der Waals surface area contributed by atoms with E-state index in [0.29, 0.717) is 12.4 Å². The molecule has 0 saturated heterocycles. The van der Waals surface area contributed by atoms with Crippen molar-refractivity contribution in [3.05, 3.63) is 69.4 Å². The molecule has 4 heterocycles. The van der Waals surface area contributed by atoms with Gasteiger partial charge >= 0.3 is 0 Å². The number of benzene rings is 1. The Hall–Kier alpha value is -3.70. The third kappa shape index (κ3) is 7.50. The first-order valence-corrected chi connectivity index (χ1v) is 17.9. The Balaban J connectivity index is 1.60. The van der Waals surface area contributed by atoms with Crippen molar-refractivity contribution in [2.75, 3.05) is 6.61 Å². The second kappa shape index (κ2) is 14.9. The molecular weight excluding hydrogens is 617 g/mol. The van der Waals surface area contributed by atoms with Crippen LogP contribution in [0.5, 0.6) is 11.5 Å². The van der Waals surface area contributed by atoms with Crippen LogP contribution in [0.2, 0.25) is 0 Å². The van der Waals surface area contributed by atoms with Crippen molar-refractivity contribution in [1.82, 2.24) is 0 Å². The van der Waals surface area contributed by atoms with Crippen LogP contribution in [0.4, 0.5) is 0 Å². The third-order valence-electron chi connectivity index (χ3n) is 7.02. The summed E-state index contributed by atoms with van der Waals surface area (Å²) in [7, 11) is 0. The predicted molar refractivity (Wildman–Crippen MR) is 193 cm³/mol. The predicted octanol–water partition coefficient (Wildman–Crippen LogP) is 11.8. The maximum atomic E-state index is 6.55. The van der Waals surface area contributed by atoms with E-state index in [2.05, 4.69) is 113 Å². The van der Waals surface area contributed by atoms with E-state index in [1.54, 1.807) is 22.7 Å². The van der Waals surface area contributed by atoms with Crippen LogP contribution in [0.25, 0.3) is 40.4 Å². The average molecular weight is 651 g/mol. The lowest BCUT2D eigenvalue weighted by atomic mass is 10.1. The van der Waals surface area contributed by atoms with E-state index < -0.39 is 0 Å². The fourth-order valence-corrected chi connectivity index (χ4v) is 9.47. The standard InChI is InChI=1S/C38H34O2S4/c1-7-9-11-13-19-39-31-23-30(34-16-18-36(44-34)38-26(4)22-28(6)42-38)32(40-20-14-12-10-8-2)24-29(31)33-15-17-35(43-33)37-25(3)21-27(5)41-37/h1,15-18,21-24H,8,10,12,14,20H2,2-6H3. The van der Waals surface area contributed by atoms with Gasteiger partial charge < -0.3 is 9.47 Å². The lowest BCUT2D eigenvalue weighted by Crippen LogP contribution is -2.00. The molecule has 4 aromatic heterocycles. The zero-order chi connectivity index (χ0) is 31.1. The van der Waals surface area contributed by atoms with Gasteiger partial charge in [-0.3, -0.25) is 0 Å². The number of aryl methyl sites for hydroxylation is 4. The molecule has 0 radical (unpaired) electrons. The summed E-state index contributed by atoms with van der Waals surface area (Å²) in [4.78, 5) is 9.97. The summed E-state index contributed by atoms with van der Waals surface area (Å²) in [5.74, 6) is 11.7. The Morgan fingerprint density at radius 3 is 1.75 bits per heavy atom. The molecule has 2 nitrogen and oxygen atoms in total. The maximum Gasteiger partial charge on any atom is 0.149 e. The Morgan fingerprint density at radius 2 is 1.20 bits per heavy atom. The molecular formula is C38H34O2S4. The van der Waals surface area contributed by atoms with Crippen LogP contribution >= 0.6 is 45.3 Å². The fourth-order valence-electron chi connectivity index (χ4n) is 5.01. The van der Waals surface area contributed by atoms with Crippen LogP contribution in [0.15, 0.2) is 48.5 Å². The molecule has 0 bridgehead atoms. The highest BCUT2D eigenvalue weighted by molar-refractivity contribution is 7.24. The van der Waals surface area contributed by atoms with Crippen molar-refractivity contribution in [2.24, 2.45) is 0 Å². The van der Waals surface area contributed by atoms with Crippen molar-refractivity contribution in [3.63, 3.8) is 0 Å². The molecule has 1 aromatic carbocycles. The summed E-state index contributed by atoms with van der Waals surface area (Å²) in [6.07, 6.45) is 12.6. The van der Waals surface area contributed by atoms with Gasteiger partial charge in [0, 0.05) is 62.0 Å². The maximum absolute atomic E-state index is 6.55. The molecule has 222 valence electrons. The molecule has 0 saturated carbocycles. The number of terminal acetylenes is 1. The molecule has 44 heavy (non-hydrogen) atoms. The van der Waals surface area contributed by atoms with Crippen molar-refractivity contribution >= 4 is 45.3 Å². The molecule has 0 fully saturated rings. The van der Waals surface area contributed by atoms with Crippen LogP contribution in [-0.4, -0.2) is 6.61 Å². The highest BCUT2D eigenvalue weighted by atomic mass is 32.1. The fraction of sp³-hybridized carbons (Fsp3) is 0.263. The highest BCUT2D eigenvalue weighted by Gasteiger charge is 2.20. The van der Waals surface area contributed by atoms with E-state index in [1.807, 2.05) is 22.7 Å². The lowest BCUT2D eigenvalue weighted by Gasteiger charge is -2.15. The van der Waals surface area contributed by atoms with E-state index in [9.17, 15) is 0 Å². The van der Waals surface area contributed by atoms with Crippen LogP contribution < -0.4 is 9.47 Å². The van der Waals surface area contributed by atoms with E-state index in [1.165, 1.54) is 53.2 Å². The van der Waals surface area contributed by atoms with E-state index in [0.717, 1.165) is 39.5 Å². The molecule has 0 aliphatic rings. The van der Waals surface area contributed by atoms with Crippen molar-refractivity contribution in [1.29, 1.82) is 0 Å². The SMILES string of the molecule is C#CC#CC#COc1cc(-c2ccc(-c3sc(C)cc3C)s2)c(OCCCCCC)cc1-c1ccc(-c2sc(C)cc2C)s1. The third-order valence-corrected chi connectivity index (χ3v) is 11.9. The number of thiophene rings is 4. The summed E-state index contributed by atoms with van der Waals surface area (Å²) in [5.41, 5.74) is 4.55. The molecule has 5 aromatic rings. The minimum atomic E-state index is 0.666. The van der Waals surface area contributed by atoms with Gasteiger partial charge in [-0.2, -0.15) is 0 Å². The summed E-state index contributed by atoms with van der Waals surface area (Å²) >= 11 is 7.20. The molecule has 0 spiro atoms. The molecule has 6 heteroatoms. The van der Waals surface area contributed by atoms with Gasteiger partial charge in [-0.15, -0.1) is 51.8 Å². The number of rotatable bonds is 11. The van der Waals surface area contributed by atoms with E-state index in [-0.39, 0.29) is 0 Å². The number of unbranched alkanes of at least 4 members (excludes halogenated alkanes) is 3. The molecule has 0 amide bonds. The van der Waals surface area contributed by atoms with E-state index >= 15 is 0 Å². The Morgan fingerprint density at radius 1 is 0.636 bits per heavy atom. The second-order valence-corrected chi connectivity index (χ2v) is 15.2. The zero-order valence-corrected chi connectivity index (χ0v) is 28.9. The lowest BCUT2D eigenvalue weighted by molar-refractivity contribution is 0.306. The molecule has 5 rings (SSSR count). The first-order chi connectivity index (χ1) is 21.4. The number of ether oxygens (including phenoxy) is 2. The van der Waals surface area contributed by atoms with Gasteiger partial charge in [0.15, 0.2) is 0 Å². The summed E-state index contributed by atoms with van der Waals surface area (Å²) in [6.45, 7) is 11.6. The average Bonchev–Trinajstić information content (AvgIpc) is 3.80. The smallest absolute Gasteiger partial charge is 0.149 e. The summed E-state index contributed by atoms with van der Waals surface area (Å²) in [5, 5.41) is 0.